The molecule has 10 heteroatoms. The fraction of sp³-hybridized carbons (Fsp3) is 0.822. The minimum Gasteiger partial charge on any atom is -0.413 e. The van der Waals surface area contributed by atoms with Gasteiger partial charge in [-0.15, -0.1) is 11.3 Å². The summed E-state index contributed by atoms with van der Waals surface area (Å²) in [7, 11) is -6.42. The van der Waals surface area contributed by atoms with Crippen molar-refractivity contribution in [2.45, 2.75) is 216 Å². The van der Waals surface area contributed by atoms with Crippen molar-refractivity contribution >= 4 is 48.1 Å². The lowest BCUT2D eigenvalue weighted by molar-refractivity contribution is -0.141. The number of thiazole rings is 1. The Morgan fingerprint density at radius 1 is 0.818 bits per heavy atom. The third kappa shape index (κ3) is 15.1. The highest BCUT2D eigenvalue weighted by atomic mass is 32.1. The molecule has 1 rings (SSSR count). The summed E-state index contributed by atoms with van der Waals surface area (Å²) < 4.78 is 21.2. The Morgan fingerprint density at radius 2 is 1.31 bits per heavy atom. The van der Waals surface area contributed by atoms with Crippen LogP contribution in [-0.2, 0) is 18.1 Å². The summed E-state index contributed by atoms with van der Waals surface area (Å²) in [5.74, 6) is 0.0421. The van der Waals surface area contributed by atoms with E-state index in [-0.39, 0.29) is 57.7 Å². The summed E-state index contributed by atoms with van der Waals surface area (Å²) >= 11 is 1.68. The first-order valence-corrected chi connectivity index (χ1v) is 30.7. The van der Waals surface area contributed by atoms with E-state index in [1.54, 1.807) is 11.3 Å². The Hall–Kier alpha value is -0.729. The van der Waals surface area contributed by atoms with Gasteiger partial charge in [-0.1, -0.05) is 102 Å². The van der Waals surface area contributed by atoms with Gasteiger partial charge >= 0.3 is 0 Å². The van der Waals surface area contributed by atoms with E-state index in [1.807, 2.05) is 13.8 Å². The van der Waals surface area contributed by atoms with Crippen molar-refractivity contribution in [3.8, 4) is 0 Å². The molecule has 1 aromatic rings. The summed E-state index contributed by atoms with van der Waals surface area (Å²) in [5.41, 5.74) is 2.82. The highest BCUT2D eigenvalue weighted by Gasteiger charge is 2.49. The van der Waals surface area contributed by atoms with Crippen LogP contribution in [0.3, 0.4) is 0 Å². The van der Waals surface area contributed by atoms with Crippen LogP contribution in [0.4, 0.5) is 0 Å². The van der Waals surface area contributed by atoms with Crippen molar-refractivity contribution in [1.29, 1.82) is 0 Å². The van der Waals surface area contributed by atoms with Gasteiger partial charge in [0, 0.05) is 23.3 Å². The Labute approximate surface area is 347 Å². The summed E-state index contributed by atoms with van der Waals surface area (Å²) in [4.78, 5) is 19.4. The number of aryl methyl sites for hydroxylation is 1. The normalized spacial score (nSPS) is 17.6. The van der Waals surface area contributed by atoms with Crippen molar-refractivity contribution in [2.75, 3.05) is 6.61 Å². The van der Waals surface area contributed by atoms with E-state index < -0.39 is 30.4 Å². The number of aromatic nitrogens is 1. The van der Waals surface area contributed by atoms with Crippen molar-refractivity contribution in [3.05, 3.63) is 33.3 Å². The van der Waals surface area contributed by atoms with E-state index in [4.69, 9.17) is 18.3 Å². The zero-order valence-electron chi connectivity index (χ0n) is 39.8. The number of Topliss-reactive ketones (excluding diaryl/α,β-unsaturated/α-hetero) is 1. The molecular formula is C45H87NO5SSi3. The molecule has 5 unspecified atom stereocenters. The average Bonchev–Trinajstić information content (AvgIpc) is 3.42. The molecule has 1 heterocycles. The molecule has 1 N–H and O–H groups in total. The number of allylic oxidation sites excluding steroid dienone is 1. The predicted octanol–water partition coefficient (Wildman–Crippen LogP) is 13.8. The number of hydrogen-bond donors (Lipinski definition) is 1. The molecule has 0 saturated heterocycles. The first-order chi connectivity index (χ1) is 24.6. The van der Waals surface area contributed by atoms with Crippen LogP contribution in [0.5, 0.6) is 0 Å². The van der Waals surface area contributed by atoms with E-state index in [0.29, 0.717) is 6.42 Å². The minimum atomic E-state index is -2.21. The van der Waals surface area contributed by atoms with Crippen molar-refractivity contribution < 1.29 is 23.2 Å². The molecule has 0 fully saturated rings. The number of carbonyl (C=O) groups excluding carboxylic acids is 1. The second-order valence-electron chi connectivity index (χ2n) is 21.8. The third-order valence-electron chi connectivity index (χ3n) is 13.5. The zero-order chi connectivity index (χ0) is 43.2. The highest BCUT2D eigenvalue weighted by Crippen LogP contribution is 2.44. The van der Waals surface area contributed by atoms with Crippen molar-refractivity contribution in [2.24, 2.45) is 17.3 Å². The van der Waals surface area contributed by atoms with E-state index in [1.165, 1.54) is 11.1 Å². The van der Waals surface area contributed by atoms with Gasteiger partial charge in [0.2, 0.25) is 0 Å². The van der Waals surface area contributed by atoms with Gasteiger partial charge in [-0.3, -0.25) is 4.79 Å². The Morgan fingerprint density at radius 3 is 1.76 bits per heavy atom. The third-order valence-corrected chi connectivity index (χ3v) is 27.7. The molecule has 0 amide bonds. The molecule has 0 bridgehead atoms. The molecule has 0 aliphatic rings. The first-order valence-electron chi connectivity index (χ1n) is 21.1. The molecule has 0 aromatic carbocycles. The topological polar surface area (TPSA) is 77.9 Å². The first kappa shape index (κ1) is 52.3. The van der Waals surface area contributed by atoms with Gasteiger partial charge < -0.3 is 18.4 Å². The Bertz CT molecular complexity index is 1420. The molecule has 5 atom stereocenters. The van der Waals surface area contributed by atoms with Gasteiger partial charge in [0.25, 0.3) is 0 Å². The van der Waals surface area contributed by atoms with E-state index >= 15 is 0 Å². The summed E-state index contributed by atoms with van der Waals surface area (Å²) in [6.07, 6.45) is 8.27. The number of aliphatic hydroxyl groups excluding tert-OH is 1. The molecule has 0 aliphatic heterocycles. The molecular weight excluding hydrogens is 751 g/mol. The van der Waals surface area contributed by atoms with Crippen LogP contribution in [0.15, 0.2) is 22.6 Å². The average molecular weight is 839 g/mol. The van der Waals surface area contributed by atoms with Crippen LogP contribution < -0.4 is 0 Å². The molecule has 6 nitrogen and oxygen atoms in total. The molecule has 0 spiro atoms. The smallest absolute Gasteiger partial charge is 0.192 e. The highest BCUT2D eigenvalue weighted by molar-refractivity contribution is 7.09. The summed E-state index contributed by atoms with van der Waals surface area (Å²) in [5, 5.41) is 13.5. The number of carbonyl (C=O) groups is 1. The summed E-state index contributed by atoms with van der Waals surface area (Å²) in [6, 6.07) is 0. The van der Waals surface area contributed by atoms with Crippen molar-refractivity contribution in [1.82, 2.24) is 4.98 Å². The van der Waals surface area contributed by atoms with Crippen LogP contribution in [0, 0.1) is 24.2 Å². The molecule has 0 saturated carbocycles. The fourth-order valence-corrected chi connectivity index (χ4v) is 11.1. The molecule has 0 radical (unpaired) electrons. The predicted molar refractivity (Wildman–Crippen MR) is 248 cm³/mol. The number of rotatable bonds is 21. The van der Waals surface area contributed by atoms with Crippen LogP contribution >= 0.6 is 11.3 Å². The summed E-state index contributed by atoms with van der Waals surface area (Å²) in [6.45, 7) is 49.0. The minimum absolute atomic E-state index is 0.00429. The number of ketones is 1. The maximum atomic E-state index is 14.7. The van der Waals surface area contributed by atoms with Gasteiger partial charge in [-0.05, 0) is 125 Å². The van der Waals surface area contributed by atoms with Gasteiger partial charge in [-0.25, -0.2) is 4.98 Å². The van der Waals surface area contributed by atoms with Crippen LogP contribution in [0.2, 0.25) is 54.4 Å². The largest absolute Gasteiger partial charge is 0.413 e. The maximum Gasteiger partial charge on any atom is 0.192 e. The monoisotopic (exact) mass is 838 g/mol. The lowest BCUT2D eigenvalue weighted by atomic mass is 9.73. The Kier molecular flexibility index (Phi) is 19.0. The molecule has 55 heavy (non-hydrogen) atoms. The molecule has 320 valence electrons. The lowest BCUT2D eigenvalue weighted by Crippen LogP contribution is -2.54. The SMILES string of the molecule is C/C(=C\CC(O[Si](C)(C)C(C)(C)C)/C(C)=C/c1csc(C)n1)CCCC(C)C(O[Si](C)(C)C(C)(C)C)C(C)C(=O)C(C)(C)C(CCO)O[Si](C)(C)C(C)(C)C. The van der Waals surface area contributed by atoms with Gasteiger partial charge in [-0.2, -0.15) is 0 Å². The van der Waals surface area contributed by atoms with Crippen LogP contribution in [0.1, 0.15) is 147 Å². The van der Waals surface area contributed by atoms with Gasteiger partial charge in [0.05, 0.1) is 29.0 Å². The van der Waals surface area contributed by atoms with E-state index in [0.717, 1.165) is 36.4 Å². The quantitative estimate of drug-likeness (QED) is 0.0981. The second-order valence-corrected chi connectivity index (χ2v) is 37.1. The van der Waals surface area contributed by atoms with E-state index in [9.17, 15) is 9.90 Å². The van der Waals surface area contributed by atoms with Crippen LogP contribution in [-0.4, -0.2) is 65.7 Å². The Balaban J connectivity index is 3.33. The zero-order valence-corrected chi connectivity index (χ0v) is 43.6. The number of hydrogen-bond acceptors (Lipinski definition) is 7. The van der Waals surface area contributed by atoms with E-state index in [2.05, 4.69) is 154 Å². The lowest BCUT2D eigenvalue weighted by Gasteiger charge is -2.46. The fourth-order valence-electron chi connectivity index (χ4n) is 6.25. The molecule has 0 aliphatic carbocycles. The molecule has 1 aromatic heterocycles. The van der Waals surface area contributed by atoms with Crippen molar-refractivity contribution in [3.63, 3.8) is 0 Å². The van der Waals surface area contributed by atoms with Gasteiger partial charge in [0.1, 0.15) is 5.78 Å². The van der Waals surface area contributed by atoms with Gasteiger partial charge in [0.15, 0.2) is 25.0 Å². The van der Waals surface area contributed by atoms with Crippen LogP contribution in [0.25, 0.3) is 6.08 Å². The number of aliphatic hydroxyl groups is 1. The standard InChI is InChI=1S/C45H87NO5SSi3/c1-32(26-27-38(49-53(17,18)42(6,7)8)34(3)30-37-31-52-36(5)46-37)24-23-25-33(2)40(51-55(21,22)44(12,13)14)35(4)41(48)45(15,16)39(28-29-47)50-54(19,20)43(9,10)11/h26,30-31,33,35,38-40,47H,23-25,27-29H2,1-22H3/b32-26+,34-30+. The maximum absolute atomic E-state index is 14.7. The second kappa shape index (κ2) is 20.0. The number of nitrogens with zero attached hydrogens (tertiary/aromatic N) is 1.